The van der Waals surface area contributed by atoms with Crippen LogP contribution in [0.3, 0.4) is 0 Å². The maximum atomic E-state index is 14.2. The molecule has 0 saturated carbocycles. The van der Waals surface area contributed by atoms with Gasteiger partial charge < -0.3 is 42.2 Å². The highest BCUT2D eigenvalue weighted by Gasteiger charge is 2.35. The molecule has 22 heteroatoms. The molecular weight excluding hydrogens is 867 g/mol. The Morgan fingerprint density at radius 3 is 1.24 bits per heavy atom. The maximum Gasteiger partial charge on any atom is 0.416 e. The molecule has 326 valence electrons. The summed E-state index contributed by atoms with van der Waals surface area (Å²) in [6.07, 6.45) is -9.11. The molecule has 0 unspecified atom stereocenters. The molecule has 0 aliphatic heterocycles. The second-order valence-corrected chi connectivity index (χ2v) is 14.9. The third-order valence-corrected chi connectivity index (χ3v) is 10.7. The number of nitrogens with one attached hydrogen (secondary N) is 4. The van der Waals surface area contributed by atoms with E-state index in [9.17, 15) is 45.5 Å². The van der Waals surface area contributed by atoms with Gasteiger partial charge in [-0.15, -0.1) is 23.5 Å². The number of carbonyl (C=O) groups is 4. The predicted molar refractivity (Wildman–Crippen MR) is 222 cm³/mol. The number of ether oxygens (including phenoxy) is 2. The number of thioether (sulfide) groups is 2. The Kier molecular flexibility index (Phi) is 15.4. The maximum absolute atomic E-state index is 14.2. The molecule has 0 atom stereocenters. The number of hydrogen-bond donors (Lipinski definition) is 6. The van der Waals surface area contributed by atoms with Gasteiger partial charge in [0.25, 0.3) is 23.6 Å². The van der Waals surface area contributed by atoms with Crippen molar-refractivity contribution in [1.29, 1.82) is 0 Å². The monoisotopic (exact) mass is 902 g/mol. The second-order valence-electron chi connectivity index (χ2n) is 12.6. The normalized spacial score (nSPS) is 11.4. The molecule has 0 radical (unpaired) electrons. The molecule has 1 heterocycles. The summed E-state index contributed by atoms with van der Waals surface area (Å²) in [5.74, 6) is -2.93. The lowest BCUT2D eigenvalue weighted by molar-refractivity contribution is -0.138. The smallest absolute Gasteiger partial charge is 0.416 e. The molecule has 5 rings (SSSR count). The van der Waals surface area contributed by atoms with E-state index in [0.717, 1.165) is 35.9 Å². The summed E-state index contributed by atoms with van der Waals surface area (Å²) >= 11 is 1.87. The number of methoxy groups -OCH3 is 2. The molecular formula is C40H36F6N8O6S2. The zero-order chi connectivity index (χ0) is 45.2. The third-order valence-electron chi connectivity index (χ3n) is 8.35. The Labute approximate surface area is 357 Å². The molecule has 5 aromatic rings. The van der Waals surface area contributed by atoms with Gasteiger partial charge in [-0.1, -0.05) is 12.1 Å². The molecule has 8 N–H and O–H groups in total. The fourth-order valence-corrected chi connectivity index (χ4v) is 7.19. The lowest BCUT2D eigenvalue weighted by atomic mass is 10.1. The number of halogens is 6. The van der Waals surface area contributed by atoms with Gasteiger partial charge in [-0.2, -0.15) is 26.3 Å². The van der Waals surface area contributed by atoms with Gasteiger partial charge in [-0.3, -0.25) is 19.2 Å². The Hall–Kier alpha value is -6.36. The third kappa shape index (κ3) is 11.9. The lowest BCUT2D eigenvalue weighted by Gasteiger charge is -2.20. The summed E-state index contributed by atoms with van der Waals surface area (Å²) in [4.78, 5) is 61.5. The molecule has 0 spiro atoms. The van der Waals surface area contributed by atoms with Crippen LogP contribution in [-0.4, -0.2) is 72.4 Å². The van der Waals surface area contributed by atoms with Crippen molar-refractivity contribution in [1.82, 2.24) is 9.97 Å². The summed E-state index contributed by atoms with van der Waals surface area (Å²) in [5, 5.41) is 9.64. The Morgan fingerprint density at radius 2 is 0.919 bits per heavy atom. The summed E-state index contributed by atoms with van der Waals surface area (Å²) in [6, 6.07) is 15.3. The van der Waals surface area contributed by atoms with Crippen molar-refractivity contribution in [3.63, 3.8) is 0 Å². The Morgan fingerprint density at radius 1 is 0.565 bits per heavy atom. The van der Waals surface area contributed by atoms with Gasteiger partial charge in [0.15, 0.2) is 0 Å². The standard InChI is InChI=1S/C40H36F6N8O6S2/c1-59-25-7-3-5-21(13-25)35(55)51-27-15-23(39(41,42)43)17-29(33(27)61-11-9-47)53-37(57)31-19-32(50-20-49-31)38(58)54-30-18-24(40(44,45)46)16-28(34(30)62-12-10-48)52-36(56)22-6-4-8-26(14-22)60-2/h3-8,13-20H,9-12,47-48H2,1-2H3,(H,51,55)(H,52,56)(H,53,57)(H,54,58). The van der Waals surface area contributed by atoms with E-state index < -0.39 is 69.9 Å². The van der Waals surface area contributed by atoms with Crippen LogP contribution in [0.1, 0.15) is 52.8 Å². The van der Waals surface area contributed by atoms with Gasteiger partial charge >= 0.3 is 12.4 Å². The van der Waals surface area contributed by atoms with Crippen LogP contribution in [0.5, 0.6) is 11.5 Å². The number of anilines is 4. The van der Waals surface area contributed by atoms with E-state index in [1.165, 1.54) is 50.6 Å². The number of benzene rings is 4. The van der Waals surface area contributed by atoms with Gasteiger partial charge in [0.05, 0.1) is 57.9 Å². The quantitative estimate of drug-likeness (QED) is 0.0417. The van der Waals surface area contributed by atoms with Crippen LogP contribution in [0.2, 0.25) is 0 Å². The van der Waals surface area contributed by atoms with Crippen LogP contribution in [0.25, 0.3) is 0 Å². The Bertz CT molecular complexity index is 2310. The summed E-state index contributed by atoms with van der Waals surface area (Å²) in [7, 11) is 2.74. The van der Waals surface area contributed by atoms with Crippen LogP contribution in [-0.2, 0) is 12.4 Å². The van der Waals surface area contributed by atoms with Crippen LogP contribution >= 0.6 is 23.5 Å². The Balaban J connectivity index is 1.48. The van der Waals surface area contributed by atoms with Crippen LogP contribution in [0.15, 0.2) is 95.0 Å². The van der Waals surface area contributed by atoms with Gasteiger partial charge in [0, 0.05) is 41.8 Å². The summed E-state index contributed by atoms with van der Waals surface area (Å²) in [6.45, 7) is 0.113. The van der Waals surface area contributed by atoms with Crippen molar-refractivity contribution in [2.75, 3.05) is 60.1 Å². The second kappa shape index (κ2) is 20.5. The van der Waals surface area contributed by atoms with E-state index in [0.29, 0.717) is 35.8 Å². The number of nitrogens with two attached hydrogens (primary N) is 2. The van der Waals surface area contributed by atoms with E-state index >= 15 is 0 Å². The average molecular weight is 903 g/mol. The van der Waals surface area contributed by atoms with E-state index in [4.69, 9.17) is 20.9 Å². The first-order valence-electron chi connectivity index (χ1n) is 18.0. The molecule has 0 bridgehead atoms. The zero-order valence-electron chi connectivity index (χ0n) is 32.5. The molecule has 4 amide bonds. The van der Waals surface area contributed by atoms with Crippen molar-refractivity contribution >= 4 is 69.9 Å². The summed E-state index contributed by atoms with van der Waals surface area (Å²) < 4.78 is 95.6. The number of carbonyl (C=O) groups excluding carboxylic acids is 4. The SMILES string of the molecule is COc1cccc(C(=O)Nc2cc(C(F)(F)F)cc(NC(=O)c3cc(C(=O)Nc4cc(C(F)(F)F)cc(NC(=O)c5cccc(OC)c5)c4SCCN)ncn3)c2SCCN)c1. The highest BCUT2D eigenvalue weighted by molar-refractivity contribution is 7.99. The molecule has 14 nitrogen and oxygen atoms in total. The van der Waals surface area contributed by atoms with E-state index in [2.05, 4.69) is 31.2 Å². The number of alkyl halides is 6. The van der Waals surface area contributed by atoms with E-state index in [1.54, 1.807) is 12.1 Å². The average Bonchev–Trinajstić information content (AvgIpc) is 3.24. The van der Waals surface area contributed by atoms with E-state index in [-0.39, 0.29) is 56.9 Å². The number of nitrogens with zero attached hydrogens (tertiary/aromatic N) is 2. The molecule has 0 aliphatic carbocycles. The lowest BCUT2D eigenvalue weighted by Crippen LogP contribution is -2.21. The van der Waals surface area contributed by atoms with Crippen molar-refractivity contribution in [3.8, 4) is 11.5 Å². The minimum absolute atomic E-state index is 0.00132. The number of rotatable bonds is 16. The van der Waals surface area contributed by atoms with Crippen LogP contribution in [0.4, 0.5) is 49.1 Å². The van der Waals surface area contributed by atoms with Crippen molar-refractivity contribution in [2.45, 2.75) is 22.1 Å². The van der Waals surface area contributed by atoms with Crippen LogP contribution in [0, 0.1) is 0 Å². The van der Waals surface area contributed by atoms with Crippen molar-refractivity contribution in [3.05, 3.63) is 119 Å². The highest BCUT2D eigenvalue weighted by Crippen LogP contribution is 2.43. The molecule has 0 saturated heterocycles. The minimum Gasteiger partial charge on any atom is -0.497 e. The van der Waals surface area contributed by atoms with Gasteiger partial charge in [0.2, 0.25) is 0 Å². The van der Waals surface area contributed by atoms with Gasteiger partial charge in [-0.05, 0) is 60.7 Å². The largest absolute Gasteiger partial charge is 0.497 e. The van der Waals surface area contributed by atoms with Crippen molar-refractivity contribution in [2.24, 2.45) is 11.5 Å². The molecule has 0 fully saturated rings. The minimum atomic E-state index is -4.95. The molecule has 4 aromatic carbocycles. The molecule has 1 aromatic heterocycles. The molecule has 0 aliphatic rings. The molecule has 62 heavy (non-hydrogen) atoms. The summed E-state index contributed by atoms with van der Waals surface area (Å²) in [5.41, 5.74) is 6.51. The first kappa shape index (κ1) is 46.7. The van der Waals surface area contributed by atoms with Crippen LogP contribution < -0.4 is 42.2 Å². The number of aromatic nitrogens is 2. The fraction of sp³-hybridized carbons (Fsp3) is 0.200. The highest BCUT2D eigenvalue weighted by atomic mass is 32.2. The number of hydrogen-bond acceptors (Lipinski definition) is 12. The number of amides is 4. The first-order valence-corrected chi connectivity index (χ1v) is 19.9. The van der Waals surface area contributed by atoms with Gasteiger partial charge in [0.1, 0.15) is 29.2 Å². The fourth-order valence-electron chi connectivity index (χ4n) is 5.49. The predicted octanol–water partition coefficient (Wildman–Crippen LogP) is 7.64. The van der Waals surface area contributed by atoms with Crippen molar-refractivity contribution < 1.29 is 55.0 Å². The van der Waals surface area contributed by atoms with E-state index in [1.807, 2.05) is 0 Å². The zero-order valence-corrected chi connectivity index (χ0v) is 34.1. The van der Waals surface area contributed by atoms with Gasteiger partial charge in [-0.25, -0.2) is 9.97 Å². The first-order chi connectivity index (χ1) is 29.4. The topological polar surface area (TPSA) is 213 Å².